The number of aromatic carboxylic acids is 1. The van der Waals surface area contributed by atoms with Crippen molar-refractivity contribution in [3.8, 4) is 5.75 Å². The molecule has 20 heavy (non-hydrogen) atoms. The molecule has 0 atom stereocenters. The molecule has 0 bridgehead atoms. The highest BCUT2D eigenvalue weighted by molar-refractivity contribution is 5.87. The van der Waals surface area contributed by atoms with Gasteiger partial charge in [-0.1, -0.05) is 6.07 Å². The summed E-state index contributed by atoms with van der Waals surface area (Å²) < 4.78 is 5.70. The Morgan fingerprint density at radius 1 is 1.30 bits per heavy atom. The van der Waals surface area contributed by atoms with Crippen LogP contribution in [0.2, 0.25) is 0 Å². The average Bonchev–Trinajstić information content (AvgIpc) is 3.31. The molecule has 0 aromatic heterocycles. The fourth-order valence-corrected chi connectivity index (χ4v) is 2.49. The van der Waals surface area contributed by atoms with Gasteiger partial charge in [0.25, 0.3) is 0 Å². The Kier molecular flexibility index (Phi) is 3.92. The molecule has 3 rings (SSSR count). The molecule has 2 aliphatic carbocycles. The number of ether oxygens (including phenoxy) is 1. The summed E-state index contributed by atoms with van der Waals surface area (Å²) in [6, 6.07) is 7.48. The van der Waals surface area contributed by atoms with Crippen LogP contribution < -0.4 is 4.74 Å². The molecule has 4 heteroatoms. The lowest BCUT2D eigenvalue weighted by Crippen LogP contribution is -2.32. The smallest absolute Gasteiger partial charge is 0.335 e. The molecule has 1 aromatic rings. The molecular weight excluding hydrogens is 254 g/mol. The van der Waals surface area contributed by atoms with Crippen molar-refractivity contribution in [2.45, 2.75) is 31.7 Å². The van der Waals surface area contributed by atoms with Gasteiger partial charge in [-0.25, -0.2) is 4.79 Å². The fourth-order valence-electron chi connectivity index (χ4n) is 2.49. The van der Waals surface area contributed by atoms with E-state index >= 15 is 0 Å². The SMILES string of the molecule is O=C(O)c1cccc(OCCN(CC2CC2)C2CC2)c1. The Labute approximate surface area is 119 Å². The van der Waals surface area contributed by atoms with Gasteiger partial charge in [0.05, 0.1) is 5.56 Å². The lowest BCUT2D eigenvalue weighted by atomic mass is 10.2. The topological polar surface area (TPSA) is 49.8 Å². The molecule has 1 N–H and O–H groups in total. The van der Waals surface area contributed by atoms with Crippen LogP contribution in [0, 0.1) is 5.92 Å². The first-order valence-electron chi connectivity index (χ1n) is 7.42. The van der Waals surface area contributed by atoms with Crippen molar-refractivity contribution < 1.29 is 14.6 Å². The van der Waals surface area contributed by atoms with E-state index in [2.05, 4.69) is 4.90 Å². The van der Waals surface area contributed by atoms with E-state index in [9.17, 15) is 4.79 Å². The summed E-state index contributed by atoms with van der Waals surface area (Å²) in [5, 5.41) is 8.95. The fraction of sp³-hybridized carbons (Fsp3) is 0.562. The normalized spacial score (nSPS) is 18.2. The third-order valence-electron chi connectivity index (χ3n) is 3.98. The summed E-state index contributed by atoms with van der Waals surface area (Å²) in [5.41, 5.74) is 0.277. The lowest BCUT2D eigenvalue weighted by Gasteiger charge is -2.21. The van der Waals surface area contributed by atoms with Crippen LogP contribution in [0.25, 0.3) is 0 Å². The van der Waals surface area contributed by atoms with Crippen LogP contribution in [0.4, 0.5) is 0 Å². The molecule has 0 heterocycles. The van der Waals surface area contributed by atoms with Gasteiger partial charge in [0, 0.05) is 19.1 Å². The van der Waals surface area contributed by atoms with Gasteiger partial charge in [-0.05, 0) is 49.8 Å². The molecule has 4 nitrogen and oxygen atoms in total. The summed E-state index contributed by atoms with van der Waals surface area (Å²) >= 11 is 0. The van der Waals surface area contributed by atoms with Crippen LogP contribution in [0.5, 0.6) is 5.75 Å². The summed E-state index contributed by atoms with van der Waals surface area (Å²) in [6.07, 6.45) is 5.40. The summed E-state index contributed by atoms with van der Waals surface area (Å²) in [5.74, 6) is 0.641. The van der Waals surface area contributed by atoms with Gasteiger partial charge in [-0.3, -0.25) is 4.90 Å². The largest absolute Gasteiger partial charge is 0.492 e. The van der Waals surface area contributed by atoms with E-state index in [0.29, 0.717) is 12.4 Å². The number of carboxylic acid groups (broad SMARTS) is 1. The summed E-state index contributed by atoms with van der Waals surface area (Å²) in [7, 11) is 0. The quantitative estimate of drug-likeness (QED) is 0.792. The molecule has 108 valence electrons. The lowest BCUT2D eigenvalue weighted by molar-refractivity contribution is 0.0696. The average molecular weight is 275 g/mol. The molecule has 2 saturated carbocycles. The Morgan fingerprint density at radius 2 is 2.10 bits per heavy atom. The minimum Gasteiger partial charge on any atom is -0.492 e. The molecule has 1 aromatic carbocycles. The number of carbonyl (C=O) groups is 1. The molecule has 2 fully saturated rings. The second-order valence-electron chi connectivity index (χ2n) is 5.85. The van der Waals surface area contributed by atoms with Gasteiger partial charge in [0.2, 0.25) is 0 Å². The molecule has 0 unspecified atom stereocenters. The maximum absolute atomic E-state index is 10.9. The first-order valence-corrected chi connectivity index (χ1v) is 7.42. The van der Waals surface area contributed by atoms with Crippen LogP contribution in [-0.4, -0.2) is 41.7 Å². The molecule has 2 aliphatic rings. The molecular formula is C16H21NO3. The van der Waals surface area contributed by atoms with Crippen LogP contribution >= 0.6 is 0 Å². The van der Waals surface area contributed by atoms with E-state index in [4.69, 9.17) is 9.84 Å². The van der Waals surface area contributed by atoms with E-state index in [1.54, 1.807) is 18.2 Å². The Bertz CT molecular complexity index is 480. The van der Waals surface area contributed by atoms with Crippen LogP contribution in [0.15, 0.2) is 24.3 Å². The molecule has 0 radical (unpaired) electrons. The number of carboxylic acids is 1. The zero-order valence-electron chi connectivity index (χ0n) is 11.6. The van der Waals surface area contributed by atoms with Crippen LogP contribution in [-0.2, 0) is 0 Å². The molecule has 0 saturated heterocycles. The van der Waals surface area contributed by atoms with Crippen molar-refractivity contribution in [1.29, 1.82) is 0 Å². The molecule has 0 amide bonds. The predicted molar refractivity (Wildman–Crippen MR) is 76.2 cm³/mol. The Balaban J connectivity index is 1.48. The van der Waals surface area contributed by atoms with Crippen molar-refractivity contribution in [1.82, 2.24) is 4.90 Å². The van der Waals surface area contributed by atoms with Gasteiger partial charge >= 0.3 is 5.97 Å². The van der Waals surface area contributed by atoms with Gasteiger partial charge in [0.1, 0.15) is 12.4 Å². The monoisotopic (exact) mass is 275 g/mol. The van der Waals surface area contributed by atoms with Gasteiger partial charge in [-0.2, -0.15) is 0 Å². The number of hydrogen-bond donors (Lipinski definition) is 1. The highest BCUT2D eigenvalue weighted by Crippen LogP contribution is 2.34. The van der Waals surface area contributed by atoms with Gasteiger partial charge in [-0.15, -0.1) is 0 Å². The van der Waals surface area contributed by atoms with Gasteiger partial charge < -0.3 is 9.84 Å². The van der Waals surface area contributed by atoms with Crippen molar-refractivity contribution in [2.24, 2.45) is 5.92 Å². The van der Waals surface area contributed by atoms with Crippen LogP contribution in [0.3, 0.4) is 0 Å². The number of benzene rings is 1. The van der Waals surface area contributed by atoms with Crippen molar-refractivity contribution >= 4 is 5.97 Å². The van der Waals surface area contributed by atoms with Crippen molar-refractivity contribution in [3.63, 3.8) is 0 Å². The second kappa shape index (κ2) is 5.83. The Hall–Kier alpha value is -1.55. The van der Waals surface area contributed by atoms with E-state index < -0.39 is 5.97 Å². The van der Waals surface area contributed by atoms with E-state index in [0.717, 1.165) is 18.5 Å². The van der Waals surface area contributed by atoms with Crippen molar-refractivity contribution in [2.75, 3.05) is 19.7 Å². The van der Waals surface area contributed by atoms with E-state index in [-0.39, 0.29) is 5.56 Å². The van der Waals surface area contributed by atoms with E-state index in [1.165, 1.54) is 32.2 Å². The molecule has 0 spiro atoms. The minimum atomic E-state index is -0.913. The Morgan fingerprint density at radius 3 is 2.75 bits per heavy atom. The van der Waals surface area contributed by atoms with Crippen LogP contribution in [0.1, 0.15) is 36.0 Å². The van der Waals surface area contributed by atoms with Gasteiger partial charge in [0.15, 0.2) is 0 Å². The van der Waals surface area contributed by atoms with E-state index in [1.807, 2.05) is 6.07 Å². The third-order valence-corrected chi connectivity index (χ3v) is 3.98. The number of hydrogen-bond acceptors (Lipinski definition) is 3. The standard InChI is InChI=1S/C16H21NO3/c18-16(19)13-2-1-3-15(10-13)20-9-8-17(14-6-7-14)11-12-4-5-12/h1-3,10,12,14H,4-9,11H2,(H,18,19). The summed E-state index contributed by atoms with van der Waals surface area (Å²) in [6.45, 7) is 2.79. The zero-order chi connectivity index (χ0) is 13.9. The number of nitrogens with zero attached hydrogens (tertiary/aromatic N) is 1. The summed E-state index contributed by atoms with van der Waals surface area (Å²) in [4.78, 5) is 13.4. The highest BCUT2D eigenvalue weighted by Gasteiger charge is 2.33. The second-order valence-corrected chi connectivity index (χ2v) is 5.85. The maximum Gasteiger partial charge on any atom is 0.335 e. The first-order chi connectivity index (χ1) is 9.72. The molecule has 0 aliphatic heterocycles. The van der Waals surface area contributed by atoms with Crippen molar-refractivity contribution in [3.05, 3.63) is 29.8 Å². The third kappa shape index (κ3) is 3.73. The first kappa shape index (κ1) is 13.4. The highest BCUT2D eigenvalue weighted by atomic mass is 16.5. The zero-order valence-corrected chi connectivity index (χ0v) is 11.6. The predicted octanol–water partition coefficient (Wildman–Crippen LogP) is 2.64. The number of rotatable bonds is 8. The maximum atomic E-state index is 10.9. The minimum absolute atomic E-state index is 0.277.